The van der Waals surface area contributed by atoms with Gasteiger partial charge in [0.05, 0.1) is 6.61 Å². The number of aliphatic carboxylic acids is 1. The number of hydrogen-bond donors (Lipinski definition) is 3. The molecule has 0 radical (unpaired) electrons. The molecule has 1 aromatic carbocycles. The van der Waals surface area contributed by atoms with Crippen molar-refractivity contribution < 1.29 is 23.4 Å². The van der Waals surface area contributed by atoms with Crippen LogP contribution in [0.25, 0.3) is 11.2 Å². The van der Waals surface area contributed by atoms with Crippen LogP contribution in [-0.4, -0.2) is 74.4 Å². The van der Waals surface area contributed by atoms with Crippen molar-refractivity contribution in [1.82, 2.24) is 25.0 Å². The zero-order chi connectivity index (χ0) is 24.6. The fourth-order valence-electron chi connectivity index (χ4n) is 3.62. The summed E-state index contributed by atoms with van der Waals surface area (Å²) in [6, 6.07) is 2.11. The number of hydrogen-bond acceptors (Lipinski definition) is 9. The van der Waals surface area contributed by atoms with Gasteiger partial charge in [-0.1, -0.05) is 5.21 Å². The Bertz CT molecular complexity index is 1270. The second-order valence-electron chi connectivity index (χ2n) is 8.31. The lowest BCUT2D eigenvalue weighted by Gasteiger charge is -2.36. The highest BCUT2D eigenvalue weighted by Crippen LogP contribution is 2.29. The number of benzene rings is 1. The van der Waals surface area contributed by atoms with Gasteiger partial charge in [0.15, 0.2) is 22.8 Å². The lowest BCUT2D eigenvalue weighted by atomic mass is 10.0. The Labute approximate surface area is 204 Å². The van der Waals surface area contributed by atoms with Gasteiger partial charge < -0.3 is 25.4 Å². The number of nitrogens with two attached hydrogens (primary N) is 1. The molecule has 1 fully saturated rings. The first-order valence-corrected chi connectivity index (χ1v) is 10.5. The van der Waals surface area contributed by atoms with Crippen LogP contribution in [0.1, 0.15) is 13.3 Å². The van der Waals surface area contributed by atoms with Gasteiger partial charge in [0, 0.05) is 51.8 Å². The quantitative estimate of drug-likeness (QED) is 0.409. The number of fused-ring (bicyclic) bond motifs is 1. The van der Waals surface area contributed by atoms with E-state index in [1.807, 2.05) is 4.90 Å². The number of H-pyrrole nitrogens is 1. The Balaban J connectivity index is 0.00000342. The summed E-state index contributed by atoms with van der Waals surface area (Å²) in [5, 5.41) is 16.6. The van der Waals surface area contributed by atoms with Crippen molar-refractivity contribution >= 4 is 41.2 Å². The first kappa shape index (κ1) is 26.1. The number of aryl methyl sites for hydroxylation is 1. The number of nitrogens with one attached hydrogen (secondary N) is 1. The first-order valence-electron chi connectivity index (χ1n) is 10.5. The van der Waals surface area contributed by atoms with Crippen molar-refractivity contribution in [3.05, 3.63) is 34.1 Å². The van der Waals surface area contributed by atoms with Gasteiger partial charge in [0.2, 0.25) is 5.95 Å². The van der Waals surface area contributed by atoms with E-state index < -0.39 is 28.7 Å². The number of carboxylic acids is 1. The monoisotopic (exact) mass is 514 g/mol. The lowest BCUT2D eigenvalue weighted by molar-refractivity contribution is -0.143. The Morgan fingerprint density at radius 1 is 1.23 bits per heavy atom. The van der Waals surface area contributed by atoms with Crippen molar-refractivity contribution in [3.63, 3.8) is 0 Å². The molecule has 0 aliphatic carbocycles. The maximum Gasteiger partial charge on any atom is 0.323 e. The van der Waals surface area contributed by atoms with Gasteiger partial charge in [-0.25, -0.2) is 13.5 Å². The second-order valence-corrected chi connectivity index (χ2v) is 8.31. The van der Waals surface area contributed by atoms with Crippen LogP contribution in [-0.2, 0) is 11.8 Å². The van der Waals surface area contributed by atoms with E-state index in [0.717, 1.165) is 12.1 Å². The molecular weight excluding hydrogens is 490 g/mol. The third-order valence-corrected chi connectivity index (χ3v) is 5.71. The summed E-state index contributed by atoms with van der Waals surface area (Å²) in [7, 11) is 1.63. The van der Waals surface area contributed by atoms with Gasteiger partial charge in [-0.15, -0.1) is 17.5 Å². The van der Waals surface area contributed by atoms with Crippen LogP contribution in [0.4, 0.5) is 20.4 Å². The third kappa shape index (κ3) is 5.27. The summed E-state index contributed by atoms with van der Waals surface area (Å²) >= 11 is 0. The normalized spacial score (nSPS) is 15.6. The lowest BCUT2D eigenvalue weighted by Crippen LogP contribution is -2.48. The molecule has 1 saturated heterocycles. The minimum Gasteiger partial charge on any atom is -0.493 e. The molecular formula is C20H25ClF2N8O4. The number of anilines is 2. The van der Waals surface area contributed by atoms with E-state index in [1.165, 1.54) is 11.6 Å². The highest BCUT2D eigenvalue weighted by Gasteiger charge is 2.28. The number of ether oxygens (including phenoxy) is 1. The smallest absolute Gasteiger partial charge is 0.323 e. The Kier molecular flexibility index (Phi) is 7.45. The molecule has 0 saturated carbocycles. The van der Waals surface area contributed by atoms with Gasteiger partial charge in [-0.2, -0.15) is 4.98 Å². The molecule has 0 amide bonds. The number of halogens is 3. The van der Waals surface area contributed by atoms with Crippen LogP contribution < -0.4 is 25.8 Å². The van der Waals surface area contributed by atoms with Gasteiger partial charge in [0.1, 0.15) is 17.0 Å². The summed E-state index contributed by atoms with van der Waals surface area (Å²) in [6.07, 6.45) is -0.0356. The average Bonchev–Trinajstić information content (AvgIpc) is 3.15. The first-order chi connectivity index (χ1) is 16.1. The van der Waals surface area contributed by atoms with Crippen molar-refractivity contribution in [1.29, 1.82) is 0 Å². The third-order valence-electron chi connectivity index (χ3n) is 5.71. The van der Waals surface area contributed by atoms with Crippen LogP contribution in [0.2, 0.25) is 0 Å². The summed E-state index contributed by atoms with van der Waals surface area (Å²) in [4.78, 5) is 33.7. The number of carbonyl (C=O) groups is 1. The molecule has 0 spiro atoms. The number of carboxylic acid groups (broad SMARTS) is 1. The predicted octanol–water partition coefficient (Wildman–Crippen LogP) is 0.649. The molecule has 1 aliphatic rings. The largest absolute Gasteiger partial charge is 0.493 e. The summed E-state index contributed by atoms with van der Waals surface area (Å²) in [5.74, 6) is -2.52. The molecule has 1 aliphatic heterocycles. The van der Waals surface area contributed by atoms with Crippen molar-refractivity contribution in [3.8, 4) is 5.75 Å². The summed E-state index contributed by atoms with van der Waals surface area (Å²) < 4.78 is 36.3. The van der Waals surface area contributed by atoms with Crippen molar-refractivity contribution in [2.45, 2.75) is 18.9 Å². The van der Waals surface area contributed by atoms with E-state index in [4.69, 9.17) is 15.6 Å². The van der Waals surface area contributed by atoms with E-state index >= 15 is 0 Å². The van der Waals surface area contributed by atoms with E-state index in [0.29, 0.717) is 24.7 Å². The molecule has 0 bridgehead atoms. The highest BCUT2D eigenvalue weighted by molar-refractivity contribution is 5.85. The SMILES string of the molecule is Cl.Cn1nnc2c(=O)[nH]c(N3CCN(c4c(F)cc(OCC[C@@](C)(N)C(=O)O)cc4F)CC3)nc21. The zero-order valence-electron chi connectivity index (χ0n) is 19.0. The molecule has 190 valence electrons. The summed E-state index contributed by atoms with van der Waals surface area (Å²) in [5.41, 5.74) is 3.99. The molecule has 4 rings (SSSR count). The molecule has 12 nitrogen and oxygen atoms in total. The molecule has 15 heteroatoms. The fourth-order valence-corrected chi connectivity index (χ4v) is 3.62. The molecule has 4 N–H and O–H groups in total. The Hall–Kier alpha value is -3.52. The molecule has 3 aromatic rings. The number of aromatic nitrogens is 5. The van der Waals surface area contributed by atoms with Gasteiger partial charge >= 0.3 is 5.97 Å². The topological polar surface area (TPSA) is 155 Å². The second kappa shape index (κ2) is 10.00. The molecule has 1 atom stereocenters. The van der Waals surface area contributed by atoms with Crippen molar-refractivity contribution in [2.75, 3.05) is 42.6 Å². The van der Waals surface area contributed by atoms with E-state index in [2.05, 4.69) is 20.3 Å². The summed E-state index contributed by atoms with van der Waals surface area (Å²) in [6.45, 7) is 2.51. The zero-order valence-corrected chi connectivity index (χ0v) is 19.8. The van der Waals surface area contributed by atoms with Crippen molar-refractivity contribution in [2.24, 2.45) is 12.8 Å². The minimum atomic E-state index is -1.51. The van der Waals surface area contributed by atoms with E-state index in [-0.39, 0.29) is 55.5 Å². The fraction of sp³-hybridized carbons (Fsp3) is 0.450. The number of nitrogens with zero attached hydrogens (tertiary/aromatic N) is 6. The predicted molar refractivity (Wildman–Crippen MR) is 125 cm³/mol. The van der Waals surface area contributed by atoms with E-state index in [1.54, 1.807) is 11.9 Å². The van der Waals surface area contributed by atoms with Crippen LogP contribution in [0.5, 0.6) is 5.75 Å². The Morgan fingerprint density at radius 2 is 1.83 bits per heavy atom. The maximum absolute atomic E-state index is 14.8. The molecule has 3 heterocycles. The van der Waals surface area contributed by atoms with Gasteiger partial charge in [-0.3, -0.25) is 14.6 Å². The minimum absolute atomic E-state index is 0. The van der Waals surface area contributed by atoms with E-state index in [9.17, 15) is 18.4 Å². The van der Waals surface area contributed by atoms with Crippen LogP contribution in [0.3, 0.4) is 0 Å². The van der Waals surface area contributed by atoms with Crippen LogP contribution >= 0.6 is 12.4 Å². The molecule has 2 aromatic heterocycles. The van der Waals surface area contributed by atoms with Gasteiger partial charge in [-0.05, 0) is 6.92 Å². The standard InChI is InChI=1S/C20H24F2N8O4.ClH/c1-20(23,18(32)33)3-8-34-11-9-12(21)15(13(22)10-11)29-4-6-30(7-5-29)19-24-16-14(17(31)25-19)26-27-28(16)2;/h9-10H,3-8,23H2,1-2H3,(H,32,33)(H,24,25,31);1H/t20-;/m1./s1. The number of rotatable bonds is 7. The van der Waals surface area contributed by atoms with Crippen LogP contribution in [0, 0.1) is 11.6 Å². The van der Waals surface area contributed by atoms with Gasteiger partial charge in [0.25, 0.3) is 5.56 Å². The number of aromatic amines is 1. The molecule has 35 heavy (non-hydrogen) atoms. The Morgan fingerprint density at radius 3 is 2.43 bits per heavy atom. The number of piperazine rings is 1. The average molecular weight is 515 g/mol. The maximum atomic E-state index is 14.8. The molecule has 0 unspecified atom stereocenters. The van der Waals surface area contributed by atoms with Crippen LogP contribution in [0.15, 0.2) is 16.9 Å². The highest BCUT2D eigenvalue weighted by atomic mass is 35.5.